The molecule has 3 rings (SSSR count). The van der Waals surface area contributed by atoms with E-state index in [1.54, 1.807) is 11.1 Å². The standard InChI is InChI=1S/C18H18BrN3O2/c1-12(15-7-4-5-9-20-15)21-18(24)13-10-17(23)22(11-13)16-8-3-2-6-14(16)19/h2-9,12-13H,10-11H2,1H3,(H,21,24). The van der Waals surface area contributed by atoms with Crippen molar-refractivity contribution in [3.05, 3.63) is 58.8 Å². The molecular weight excluding hydrogens is 370 g/mol. The summed E-state index contributed by atoms with van der Waals surface area (Å²) in [5, 5.41) is 2.95. The first kappa shape index (κ1) is 16.6. The van der Waals surface area contributed by atoms with Crippen molar-refractivity contribution in [3.63, 3.8) is 0 Å². The van der Waals surface area contributed by atoms with Gasteiger partial charge < -0.3 is 10.2 Å². The minimum atomic E-state index is -0.351. The van der Waals surface area contributed by atoms with E-state index in [2.05, 4.69) is 26.2 Å². The molecule has 1 aliphatic heterocycles. The van der Waals surface area contributed by atoms with Crippen molar-refractivity contribution >= 4 is 33.4 Å². The number of nitrogens with one attached hydrogen (secondary N) is 1. The Morgan fingerprint density at radius 2 is 2.04 bits per heavy atom. The Morgan fingerprint density at radius 1 is 1.29 bits per heavy atom. The zero-order valence-electron chi connectivity index (χ0n) is 13.3. The number of para-hydroxylation sites is 1. The average Bonchev–Trinajstić information content (AvgIpc) is 2.98. The summed E-state index contributed by atoms with van der Waals surface area (Å²) in [6.07, 6.45) is 1.92. The first-order valence-electron chi connectivity index (χ1n) is 7.82. The molecule has 1 aliphatic rings. The monoisotopic (exact) mass is 387 g/mol. The number of carbonyl (C=O) groups is 2. The van der Waals surface area contributed by atoms with Crippen LogP contribution in [0.4, 0.5) is 5.69 Å². The predicted octanol–water partition coefficient (Wildman–Crippen LogP) is 3.07. The molecule has 1 saturated heterocycles. The fraction of sp³-hybridized carbons (Fsp3) is 0.278. The summed E-state index contributed by atoms with van der Waals surface area (Å²) in [7, 11) is 0. The second kappa shape index (κ2) is 7.13. The van der Waals surface area contributed by atoms with Crippen LogP contribution in [-0.2, 0) is 9.59 Å². The molecule has 2 amide bonds. The van der Waals surface area contributed by atoms with Gasteiger partial charge in [0, 0.05) is 23.6 Å². The van der Waals surface area contributed by atoms with E-state index in [-0.39, 0.29) is 30.2 Å². The maximum Gasteiger partial charge on any atom is 0.227 e. The largest absolute Gasteiger partial charge is 0.348 e. The highest BCUT2D eigenvalue weighted by Crippen LogP contribution is 2.31. The van der Waals surface area contributed by atoms with E-state index in [0.717, 1.165) is 15.9 Å². The predicted molar refractivity (Wildman–Crippen MR) is 95.4 cm³/mol. The average molecular weight is 388 g/mol. The van der Waals surface area contributed by atoms with Gasteiger partial charge >= 0.3 is 0 Å². The quantitative estimate of drug-likeness (QED) is 0.876. The van der Waals surface area contributed by atoms with Crippen LogP contribution in [0, 0.1) is 5.92 Å². The van der Waals surface area contributed by atoms with Gasteiger partial charge in [0.2, 0.25) is 11.8 Å². The number of hydrogen-bond donors (Lipinski definition) is 1. The lowest BCUT2D eigenvalue weighted by Crippen LogP contribution is -2.34. The van der Waals surface area contributed by atoms with E-state index in [1.165, 1.54) is 0 Å². The van der Waals surface area contributed by atoms with Gasteiger partial charge in [-0.1, -0.05) is 18.2 Å². The second-order valence-electron chi connectivity index (χ2n) is 5.84. The third-order valence-electron chi connectivity index (χ3n) is 4.13. The van der Waals surface area contributed by atoms with Crippen molar-refractivity contribution in [2.75, 3.05) is 11.4 Å². The van der Waals surface area contributed by atoms with Crippen molar-refractivity contribution in [1.82, 2.24) is 10.3 Å². The molecule has 0 radical (unpaired) electrons. The Hall–Kier alpha value is -2.21. The molecule has 0 saturated carbocycles. The minimum absolute atomic E-state index is 0.0347. The first-order chi connectivity index (χ1) is 11.6. The van der Waals surface area contributed by atoms with Crippen LogP contribution in [0.25, 0.3) is 0 Å². The number of hydrogen-bond acceptors (Lipinski definition) is 3. The van der Waals surface area contributed by atoms with E-state index in [4.69, 9.17) is 0 Å². The van der Waals surface area contributed by atoms with Gasteiger partial charge in [0.15, 0.2) is 0 Å². The molecule has 0 bridgehead atoms. The van der Waals surface area contributed by atoms with Gasteiger partial charge in [0.05, 0.1) is 23.3 Å². The smallest absolute Gasteiger partial charge is 0.227 e. The van der Waals surface area contributed by atoms with E-state index in [1.807, 2.05) is 49.4 Å². The molecule has 24 heavy (non-hydrogen) atoms. The molecular formula is C18H18BrN3O2. The van der Waals surface area contributed by atoms with Gasteiger partial charge in [-0.3, -0.25) is 14.6 Å². The van der Waals surface area contributed by atoms with Gasteiger partial charge in [0.1, 0.15) is 0 Å². The Bertz CT molecular complexity index is 751. The fourth-order valence-corrected chi connectivity index (χ4v) is 3.32. The highest BCUT2D eigenvalue weighted by Gasteiger charge is 2.36. The molecule has 1 aromatic heterocycles. The van der Waals surface area contributed by atoms with Crippen LogP contribution in [0.5, 0.6) is 0 Å². The van der Waals surface area contributed by atoms with Gasteiger partial charge in [0.25, 0.3) is 0 Å². The van der Waals surface area contributed by atoms with Crippen molar-refractivity contribution < 1.29 is 9.59 Å². The molecule has 2 atom stereocenters. The van der Waals surface area contributed by atoms with Crippen LogP contribution in [0.2, 0.25) is 0 Å². The van der Waals surface area contributed by atoms with Gasteiger partial charge in [-0.2, -0.15) is 0 Å². The van der Waals surface area contributed by atoms with Crippen LogP contribution in [0.15, 0.2) is 53.1 Å². The number of carbonyl (C=O) groups excluding carboxylic acids is 2. The number of nitrogens with zero attached hydrogens (tertiary/aromatic N) is 2. The van der Waals surface area contributed by atoms with Crippen LogP contribution >= 0.6 is 15.9 Å². The Labute approximate surface area is 149 Å². The number of halogens is 1. The van der Waals surface area contributed by atoms with E-state index >= 15 is 0 Å². The molecule has 2 heterocycles. The van der Waals surface area contributed by atoms with Crippen LogP contribution in [0.3, 0.4) is 0 Å². The zero-order chi connectivity index (χ0) is 17.1. The molecule has 1 N–H and O–H groups in total. The summed E-state index contributed by atoms with van der Waals surface area (Å²) in [4.78, 5) is 30.7. The molecule has 2 aromatic rings. The van der Waals surface area contributed by atoms with E-state index in [9.17, 15) is 9.59 Å². The molecule has 0 aliphatic carbocycles. The maximum absolute atomic E-state index is 12.5. The molecule has 0 spiro atoms. The van der Waals surface area contributed by atoms with Crippen LogP contribution < -0.4 is 10.2 Å². The van der Waals surface area contributed by atoms with Crippen molar-refractivity contribution in [1.29, 1.82) is 0 Å². The SMILES string of the molecule is CC(NC(=O)C1CC(=O)N(c2ccccc2Br)C1)c1ccccn1. The van der Waals surface area contributed by atoms with Gasteiger partial charge in [-0.25, -0.2) is 0 Å². The van der Waals surface area contributed by atoms with Gasteiger partial charge in [-0.05, 0) is 47.1 Å². The number of pyridine rings is 1. The maximum atomic E-state index is 12.5. The van der Waals surface area contributed by atoms with E-state index < -0.39 is 0 Å². The summed E-state index contributed by atoms with van der Waals surface area (Å²) in [6, 6.07) is 12.9. The molecule has 1 fully saturated rings. The lowest BCUT2D eigenvalue weighted by molar-refractivity contribution is -0.126. The highest BCUT2D eigenvalue weighted by molar-refractivity contribution is 9.10. The van der Waals surface area contributed by atoms with Crippen LogP contribution in [0.1, 0.15) is 25.1 Å². The first-order valence-corrected chi connectivity index (χ1v) is 8.61. The lowest BCUT2D eigenvalue weighted by atomic mass is 10.1. The number of rotatable bonds is 4. The summed E-state index contributed by atoms with van der Waals surface area (Å²) in [6.45, 7) is 2.28. The lowest BCUT2D eigenvalue weighted by Gasteiger charge is -2.19. The molecule has 6 heteroatoms. The Balaban J connectivity index is 1.67. The molecule has 124 valence electrons. The third kappa shape index (κ3) is 3.48. The number of anilines is 1. The van der Waals surface area contributed by atoms with E-state index in [0.29, 0.717) is 6.54 Å². The normalized spacial score (nSPS) is 18.5. The van der Waals surface area contributed by atoms with Crippen molar-refractivity contribution in [2.24, 2.45) is 5.92 Å². The molecule has 1 aromatic carbocycles. The summed E-state index contributed by atoms with van der Waals surface area (Å²) < 4.78 is 0.848. The van der Waals surface area contributed by atoms with Crippen molar-refractivity contribution in [3.8, 4) is 0 Å². The zero-order valence-corrected chi connectivity index (χ0v) is 14.9. The Kier molecular flexibility index (Phi) is 4.94. The molecule has 2 unspecified atom stereocenters. The van der Waals surface area contributed by atoms with Crippen molar-refractivity contribution in [2.45, 2.75) is 19.4 Å². The topological polar surface area (TPSA) is 62.3 Å². The molecule has 5 nitrogen and oxygen atoms in total. The van der Waals surface area contributed by atoms with Crippen LogP contribution in [-0.4, -0.2) is 23.3 Å². The number of aromatic nitrogens is 1. The number of benzene rings is 1. The summed E-state index contributed by atoms with van der Waals surface area (Å²) >= 11 is 3.46. The Morgan fingerprint density at radius 3 is 2.75 bits per heavy atom. The fourth-order valence-electron chi connectivity index (χ4n) is 2.82. The minimum Gasteiger partial charge on any atom is -0.348 e. The highest BCUT2D eigenvalue weighted by atomic mass is 79.9. The van der Waals surface area contributed by atoms with Gasteiger partial charge in [-0.15, -0.1) is 0 Å². The number of amides is 2. The summed E-state index contributed by atoms with van der Waals surface area (Å²) in [5.41, 5.74) is 1.61. The second-order valence-corrected chi connectivity index (χ2v) is 6.70. The third-order valence-corrected chi connectivity index (χ3v) is 4.80. The summed E-state index contributed by atoms with van der Waals surface area (Å²) in [5.74, 6) is -0.501.